The number of benzene rings is 1. The van der Waals surface area contributed by atoms with Crippen LogP contribution in [0.4, 0.5) is 5.00 Å². The quantitative estimate of drug-likeness (QED) is 0.830. The van der Waals surface area contributed by atoms with Gasteiger partial charge in [-0.2, -0.15) is 0 Å². The molecule has 3 rings (SSSR count). The molecule has 1 N–H and O–H groups in total. The molecule has 1 aromatic carbocycles. The molecule has 1 aliphatic heterocycles. The SMILES string of the molecule is COC(=O)C[C@@H]1N=C(c2ccc(Cl)cc2)c2c(sc(C)c2C)NC1=O. The average Bonchev–Trinajstić information content (AvgIpc) is 2.78. The fraction of sp³-hybridized carbons (Fsp3) is 0.278. The van der Waals surface area contributed by atoms with Gasteiger partial charge in [0, 0.05) is 21.0 Å². The first-order valence-corrected chi connectivity index (χ1v) is 8.92. The third-order valence-corrected chi connectivity index (χ3v) is 5.53. The van der Waals surface area contributed by atoms with Gasteiger partial charge in [0.2, 0.25) is 5.91 Å². The summed E-state index contributed by atoms with van der Waals surface area (Å²) in [5.41, 5.74) is 3.48. The lowest BCUT2D eigenvalue weighted by Gasteiger charge is -2.10. The van der Waals surface area contributed by atoms with Crippen molar-refractivity contribution in [1.29, 1.82) is 0 Å². The van der Waals surface area contributed by atoms with Gasteiger partial charge in [-0.15, -0.1) is 11.3 Å². The van der Waals surface area contributed by atoms with Crippen molar-refractivity contribution in [3.8, 4) is 0 Å². The second kappa shape index (κ2) is 6.98. The predicted molar refractivity (Wildman–Crippen MR) is 99.9 cm³/mol. The number of methoxy groups -OCH3 is 1. The van der Waals surface area contributed by atoms with Crippen LogP contribution < -0.4 is 5.32 Å². The van der Waals surface area contributed by atoms with Crippen LogP contribution in [0.1, 0.15) is 28.0 Å². The molecule has 0 spiro atoms. The standard InChI is InChI=1S/C18H17ClN2O3S/c1-9-10(2)25-18-15(9)16(11-4-6-12(19)7-5-11)20-13(17(23)21-18)8-14(22)24-3/h4-7,13H,8H2,1-3H3,(H,21,23)/t13-/m0/s1. The molecule has 1 amide bonds. The van der Waals surface area contributed by atoms with Crippen molar-refractivity contribution >= 4 is 45.5 Å². The number of hydrogen-bond donors (Lipinski definition) is 1. The van der Waals surface area contributed by atoms with Gasteiger partial charge in [0.15, 0.2) is 0 Å². The van der Waals surface area contributed by atoms with E-state index in [4.69, 9.17) is 16.3 Å². The number of carbonyl (C=O) groups excluding carboxylic acids is 2. The Bertz CT molecular complexity index is 871. The summed E-state index contributed by atoms with van der Waals surface area (Å²) >= 11 is 7.50. The molecule has 25 heavy (non-hydrogen) atoms. The number of aryl methyl sites for hydroxylation is 1. The molecule has 2 aromatic rings. The summed E-state index contributed by atoms with van der Waals surface area (Å²) < 4.78 is 4.70. The molecule has 1 aromatic heterocycles. The van der Waals surface area contributed by atoms with Crippen molar-refractivity contribution in [3.63, 3.8) is 0 Å². The molecule has 1 aliphatic rings. The molecule has 7 heteroatoms. The number of carbonyl (C=O) groups is 2. The zero-order valence-corrected chi connectivity index (χ0v) is 15.6. The number of nitrogens with one attached hydrogen (secondary N) is 1. The average molecular weight is 377 g/mol. The number of fused-ring (bicyclic) bond motifs is 1. The Kier molecular flexibility index (Phi) is 4.92. The summed E-state index contributed by atoms with van der Waals surface area (Å²) in [5.74, 6) is -0.783. The number of hydrogen-bond acceptors (Lipinski definition) is 5. The number of nitrogens with zero attached hydrogens (tertiary/aromatic N) is 1. The van der Waals surface area contributed by atoms with E-state index >= 15 is 0 Å². The Labute approximate surface area is 154 Å². The van der Waals surface area contributed by atoms with Crippen LogP contribution in [-0.2, 0) is 14.3 Å². The lowest BCUT2D eigenvalue weighted by Crippen LogP contribution is -2.28. The molecule has 130 valence electrons. The number of thiophene rings is 1. The van der Waals surface area contributed by atoms with Gasteiger partial charge >= 0.3 is 5.97 Å². The minimum absolute atomic E-state index is 0.105. The maximum absolute atomic E-state index is 12.5. The molecule has 2 heterocycles. The van der Waals surface area contributed by atoms with Crippen molar-refractivity contribution in [2.75, 3.05) is 12.4 Å². The third kappa shape index (κ3) is 3.45. The van der Waals surface area contributed by atoms with Crippen molar-refractivity contribution in [1.82, 2.24) is 0 Å². The number of rotatable bonds is 3. The first-order valence-electron chi connectivity index (χ1n) is 7.72. The van der Waals surface area contributed by atoms with Gasteiger partial charge < -0.3 is 10.1 Å². The molecule has 1 atom stereocenters. The summed E-state index contributed by atoms with van der Waals surface area (Å²) in [7, 11) is 1.30. The molecule has 0 bridgehead atoms. The van der Waals surface area contributed by atoms with E-state index in [1.165, 1.54) is 18.4 Å². The fourth-order valence-corrected chi connectivity index (χ4v) is 3.87. The summed E-state index contributed by atoms with van der Waals surface area (Å²) in [6.45, 7) is 4.01. The van der Waals surface area contributed by atoms with Crippen molar-refractivity contribution in [3.05, 3.63) is 50.9 Å². The van der Waals surface area contributed by atoms with E-state index < -0.39 is 12.0 Å². The highest BCUT2D eigenvalue weighted by Crippen LogP contribution is 2.36. The lowest BCUT2D eigenvalue weighted by atomic mass is 10.00. The minimum Gasteiger partial charge on any atom is -0.469 e. The van der Waals surface area contributed by atoms with Gasteiger partial charge in [0.05, 0.1) is 19.2 Å². The van der Waals surface area contributed by atoms with E-state index in [0.717, 1.165) is 26.6 Å². The van der Waals surface area contributed by atoms with Crippen LogP contribution in [-0.4, -0.2) is 30.7 Å². The van der Waals surface area contributed by atoms with E-state index in [2.05, 4.69) is 10.3 Å². The molecule has 0 aliphatic carbocycles. The molecule has 0 saturated heterocycles. The van der Waals surface area contributed by atoms with Gasteiger partial charge in [-0.25, -0.2) is 0 Å². The van der Waals surface area contributed by atoms with Crippen LogP contribution in [0.3, 0.4) is 0 Å². The maximum atomic E-state index is 12.5. The summed E-state index contributed by atoms with van der Waals surface area (Å²) in [4.78, 5) is 29.9. The van der Waals surface area contributed by atoms with Crippen LogP contribution in [0, 0.1) is 13.8 Å². The third-order valence-electron chi connectivity index (χ3n) is 4.15. The number of aliphatic imine (C=N–C) groups is 1. The minimum atomic E-state index is -0.836. The highest BCUT2D eigenvalue weighted by molar-refractivity contribution is 7.17. The number of anilines is 1. The fourth-order valence-electron chi connectivity index (χ4n) is 2.68. The van der Waals surface area contributed by atoms with E-state index in [1.54, 1.807) is 12.1 Å². The first kappa shape index (κ1) is 17.6. The van der Waals surface area contributed by atoms with Crippen molar-refractivity contribution in [2.24, 2.45) is 4.99 Å². The number of amides is 1. The number of ether oxygens (including phenoxy) is 1. The molecular weight excluding hydrogens is 360 g/mol. The van der Waals surface area contributed by atoms with Crippen LogP contribution in [0.2, 0.25) is 5.02 Å². The smallest absolute Gasteiger partial charge is 0.308 e. The zero-order chi connectivity index (χ0) is 18.1. The Morgan fingerprint density at radius 2 is 2.00 bits per heavy atom. The Morgan fingerprint density at radius 1 is 1.32 bits per heavy atom. The molecule has 0 fully saturated rings. The Morgan fingerprint density at radius 3 is 2.64 bits per heavy atom. The molecule has 0 saturated carbocycles. The van der Waals surface area contributed by atoms with Gasteiger partial charge in [0.1, 0.15) is 11.0 Å². The summed E-state index contributed by atoms with van der Waals surface area (Å²) in [5, 5.41) is 4.28. The molecule has 0 unspecified atom stereocenters. The Hall–Kier alpha value is -2.18. The van der Waals surface area contributed by atoms with Crippen molar-refractivity contribution < 1.29 is 14.3 Å². The van der Waals surface area contributed by atoms with Crippen LogP contribution in [0.15, 0.2) is 29.3 Å². The van der Waals surface area contributed by atoms with E-state index in [-0.39, 0.29) is 12.3 Å². The zero-order valence-electron chi connectivity index (χ0n) is 14.1. The molecule has 5 nitrogen and oxygen atoms in total. The van der Waals surface area contributed by atoms with Gasteiger partial charge in [-0.1, -0.05) is 23.7 Å². The van der Waals surface area contributed by atoms with Gasteiger partial charge in [-0.3, -0.25) is 14.6 Å². The largest absolute Gasteiger partial charge is 0.469 e. The second-order valence-corrected chi connectivity index (χ2v) is 7.42. The first-order chi connectivity index (χ1) is 11.9. The number of esters is 1. The monoisotopic (exact) mass is 376 g/mol. The highest BCUT2D eigenvalue weighted by atomic mass is 35.5. The van der Waals surface area contributed by atoms with Crippen LogP contribution in [0.5, 0.6) is 0 Å². The number of halogens is 1. The van der Waals surface area contributed by atoms with Gasteiger partial charge in [-0.05, 0) is 31.5 Å². The van der Waals surface area contributed by atoms with E-state index in [9.17, 15) is 9.59 Å². The second-order valence-electron chi connectivity index (χ2n) is 5.76. The summed E-state index contributed by atoms with van der Waals surface area (Å²) in [6, 6.07) is 6.45. The molecular formula is C18H17ClN2O3S. The lowest BCUT2D eigenvalue weighted by molar-refractivity contribution is -0.142. The summed E-state index contributed by atoms with van der Waals surface area (Å²) in [6.07, 6.45) is -0.105. The van der Waals surface area contributed by atoms with Gasteiger partial charge in [0.25, 0.3) is 0 Å². The highest BCUT2D eigenvalue weighted by Gasteiger charge is 2.30. The maximum Gasteiger partial charge on any atom is 0.308 e. The molecule has 0 radical (unpaired) electrons. The predicted octanol–water partition coefficient (Wildman–Crippen LogP) is 3.74. The van der Waals surface area contributed by atoms with E-state index in [1.807, 2.05) is 26.0 Å². The Balaban J connectivity index is 2.16. The van der Waals surface area contributed by atoms with Crippen LogP contribution >= 0.6 is 22.9 Å². The topological polar surface area (TPSA) is 67.8 Å². The van der Waals surface area contributed by atoms with Crippen molar-refractivity contribution in [2.45, 2.75) is 26.3 Å². The van der Waals surface area contributed by atoms with Crippen LogP contribution in [0.25, 0.3) is 0 Å². The van der Waals surface area contributed by atoms with E-state index in [0.29, 0.717) is 10.7 Å². The normalized spacial score (nSPS) is 16.6.